The predicted octanol–water partition coefficient (Wildman–Crippen LogP) is 3.94. The largest absolute Gasteiger partial charge is 0.306 e. The highest BCUT2D eigenvalue weighted by atomic mass is 32.1. The van der Waals surface area contributed by atoms with Crippen LogP contribution in [0.2, 0.25) is 0 Å². The lowest BCUT2D eigenvalue weighted by Crippen LogP contribution is -2.63. The first-order chi connectivity index (χ1) is 16.8. The Kier molecular flexibility index (Phi) is 4.51. The molecule has 3 amide bonds. The van der Waals surface area contributed by atoms with Crippen molar-refractivity contribution in [1.82, 2.24) is 15.1 Å². The molecule has 1 N–H and O–H groups in total. The third kappa shape index (κ3) is 3.13. The van der Waals surface area contributed by atoms with E-state index in [1.54, 1.807) is 23.1 Å². The van der Waals surface area contributed by atoms with Crippen molar-refractivity contribution in [2.75, 3.05) is 16.8 Å². The molecule has 0 spiro atoms. The van der Waals surface area contributed by atoms with Gasteiger partial charge in [-0.25, -0.2) is 0 Å². The van der Waals surface area contributed by atoms with Crippen LogP contribution in [0.15, 0.2) is 24.3 Å². The number of anilines is 2. The lowest BCUT2D eigenvalue weighted by Gasteiger charge is -2.55. The Balaban J connectivity index is 1.11. The molecule has 4 aliphatic carbocycles. The Morgan fingerprint density at radius 2 is 1.77 bits per heavy atom. The van der Waals surface area contributed by atoms with Gasteiger partial charge in [-0.2, -0.15) is 0 Å². The minimum Gasteiger partial charge on any atom is -0.306 e. The van der Waals surface area contributed by atoms with Gasteiger partial charge in [-0.1, -0.05) is 23.5 Å². The highest BCUT2D eigenvalue weighted by Gasteiger charge is 2.54. The molecular formula is C26H29N5O3S. The van der Waals surface area contributed by atoms with Crippen LogP contribution < -0.4 is 10.2 Å². The van der Waals surface area contributed by atoms with E-state index in [9.17, 15) is 14.4 Å². The van der Waals surface area contributed by atoms with Gasteiger partial charge in [0.1, 0.15) is 17.2 Å². The number of para-hydroxylation sites is 1. The van der Waals surface area contributed by atoms with Gasteiger partial charge in [0, 0.05) is 11.8 Å². The van der Waals surface area contributed by atoms with Crippen molar-refractivity contribution in [2.45, 2.75) is 69.4 Å². The van der Waals surface area contributed by atoms with Crippen molar-refractivity contribution in [1.29, 1.82) is 0 Å². The van der Waals surface area contributed by atoms with Crippen molar-refractivity contribution in [3.8, 4) is 0 Å². The lowest BCUT2D eigenvalue weighted by atomic mass is 9.50. The van der Waals surface area contributed by atoms with Gasteiger partial charge in [-0.05, 0) is 81.8 Å². The molecule has 35 heavy (non-hydrogen) atoms. The van der Waals surface area contributed by atoms with E-state index in [0.29, 0.717) is 29.2 Å². The Hall–Kier alpha value is -2.81. The Bertz CT molecular complexity index is 1220. The number of benzene rings is 1. The van der Waals surface area contributed by atoms with Gasteiger partial charge in [0.25, 0.3) is 5.91 Å². The zero-order valence-corrected chi connectivity index (χ0v) is 20.6. The average molecular weight is 492 g/mol. The molecule has 6 aliphatic rings. The van der Waals surface area contributed by atoms with Gasteiger partial charge in [-0.3, -0.25) is 24.6 Å². The highest BCUT2D eigenvalue weighted by Crippen LogP contribution is 2.61. The Morgan fingerprint density at radius 1 is 1.09 bits per heavy atom. The van der Waals surface area contributed by atoms with Crippen molar-refractivity contribution in [3.05, 3.63) is 34.8 Å². The van der Waals surface area contributed by atoms with Crippen LogP contribution in [0.1, 0.15) is 73.7 Å². The lowest BCUT2D eigenvalue weighted by molar-refractivity contribution is -0.120. The molecule has 9 heteroatoms. The van der Waals surface area contributed by atoms with Gasteiger partial charge in [0.2, 0.25) is 16.9 Å². The summed E-state index contributed by atoms with van der Waals surface area (Å²) in [5.74, 6) is 1.88. The summed E-state index contributed by atoms with van der Waals surface area (Å²) in [6, 6.07) is 7.14. The molecule has 5 fully saturated rings. The summed E-state index contributed by atoms with van der Waals surface area (Å²) in [5.41, 5.74) is 0.363. The summed E-state index contributed by atoms with van der Waals surface area (Å²) in [5, 5.41) is 13.3. The van der Waals surface area contributed by atoms with Crippen LogP contribution in [0.3, 0.4) is 0 Å². The molecule has 8 rings (SSSR count). The predicted molar refractivity (Wildman–Crippen MR) is 131 cm³/mol. The van der Waals surface area contributed by atoms with Gasteiger partial charge in [-0.15, -0.1) is 10.2 Å². The maximum absolute atomic E-state index is 13.4. The number of carbonyl (C=O) groups excluding carboxylic acids is 3. The molecular weight excluding hydrogens is 462 g/mol. The maximum atomic E-state index is 13.4. The number of nitrogens with one attached hydrogen (secondary N) is 1. The minimum atomic E-state index is -0.856. The molecule has 2 aliphatic heterocycles. The van der Waals surface area contributed by atoms with E-state index < -0.39 is 5.66 Å². The van der Waals surface area contributed by atoms with Crippen molar-refractivity contribution < 1.29 is 14.4 Å². The Morgan fingerprint density at radius 3 is 2.49 bits per heavy atom. The first-order valence-electron chi connectivity index (χ1n) is 12.7. The SMILES string of the molecule is CC12CCC(=O)N1c1ccccc1C(=O)N2CC(=O)Nc1nnc(C23CC4CC(CC(C4)C2)C3)s1. The summed E-state index contributed by atoms with van der Waals surface area (Å²) in [6.07, 6.45) is 8.55. The number of fused-ring (bicyclic) bond motifs is 3. The molecule has 1 saturated heterocycles. The quantitative estimate of drug-likeness (QED) is 0.699. The second kappa shape index (κ2) is 7.35. The minimum absolute atomic E-state index is 0.0257. The zero-order chi connectivity index (χ0) is 23.9. The van der Waals surface area contributed by atoms with Crippen LogP contribution >= 0.6 is 11.3 Å². The zero-order valence-electron chi connectivity index (χ0n) is 19.8. The number of nitrogens with zero attached hydrogens (tertiary/aromatic N) is 4. The number of amides is 3. The van der Waals surface area contributed by atoms with Crippen LogP contribution in [0.4, 0.5) is 10.8 Å². The van der Waals surface area contributed by atoms with Gasteiger partial charge in [0.05, 0.1) is 11.3 Å². The fraction of sp³-hybridized carbons (Fsp3) is 0.577. The van der Waals surface area contributed by atoms with Crippen molar-refractivity contribution in [2.24, 2.45) is 17.8 Å². The molecule has 182 valence electrons. The second-order valence-corrected chi connectivity index (χ2v) is 12.5. The number of hydrogen-bond donors (Lipinski definition) is 1. The van der Waals surface area contributed by atoms with Crippen LogP contribution in [0, 0.1) is 17.8 Å². The van der Waals surface area contributed by atoms with E-state index in [0.717, 1.165) is 22.8 Å². The summed E-state index contributed by atoms with van der Waals surface area (Å²) in [4.78, 5) is 42.5. The topological polar surface area (TPSA) is 95.5 Å². The fourth-order valence-electron chi connectivity index (χ4n) is 8.10. The van der Waals surface area contributed by atoms with Crippen LogP contribution in [0.5, 0.6) is 0 Å². The standard InChI is InChI=1S/C26H29N5O3S/c1-25-7-6-21(33)31(25)19-5-3-2-4-18(19)22(34)30(25)14-20(32)27-24-29-28-23(35-24)26-11-15-8-16(12-26)10-17(9-15)13-26/h2-5,15-17H,6-14H2,1H3,(H,27,29,32). The van der Waals surface area contributed by atoms with Crippen molar-refractivity contribution in [3.63, 3.8) is 0 Å². The molecule has 8 nitrogen and oxygen atoms in total. The Labute approximate surface area is 208 Å². The van der Waals surface area contributed by atoms with Gasteiger partial charge < -0.3 is 4.90 Å². The summed E-state index contributed by atoms with van der Waals surface area (Å²) in [7, 11) is 0. The summed E-state index contributed by atoms with van der Waals surface area (Å²) < 4.78 is 0. The van der Waals surface area contributed by atoms with E-state index in [1.807, 2.05) is 13.0 Å². The first-order valence-corrected chi connectivity index (χ1v) is 13.5. The van der Waals surface area contributed by atoms with Gasteiger partial charge >= 0.3 is 0 Å². The molecule has 3 heterocycles. The van der Waals surface area contributed by atoms with Gasteiger partial charge in [0.15, 0.2) is 0 Å². The third-order valence-electron chi connectivity index (χ3n) is 9.21. The first kappa shape index (κ1) is 21.5. The highest BCUT2D eigenvalue weighted by molar-refractivity contribution is 7.15. The van der Waals surface area contributed by atoms with E-state index in [-0.39, 0.29) is 29.7 Å². The smallest absolute Gasteiger partial charge is 0.258 e. The summed E-state index contributed by atoms with van der Waals surface area (Å²) in [6.45, 7) is 1.73. The molecule has 1 aromatic carbocycles. The maximum Gasteiger partial charge on any atom is 0.258 e. The van der Waals surface area contributed by atoms with Crippen LogP contribution in [-0.2, 0) is 15.0 Å². The molecule has 1 aromatic heterocycles. The monoisotopic (exact) mass is 491 g/mol. The molecule has 0 radical (unpaired) electrons. The number of aromatic nitrogens is 2. The number of carbonyl (C=O) groups is 3. The summed E-state index contributed by atoms with van der Waals surface area (Å²) >= 11 is 1.50. The van der Waals surface area contributed by atoms with E-state index >= 15 is 0 Å². The normalized spacial score (nSPS) is 34.8. The molecule has 1 atom stereocenters. The number of hydrogen-bond acceptors (Lipinski definition) is 6. The molecule has 2 aromatic rings. The van der Waals surface area contributed by atoms with Crippen LogP contribution in [0.25, 0.3) is 0 Å². The third-order valence-corrected chi connectivity index (χ3v) is 10.3. The van der Waals surface area contributed by atoms with Crippen LogP contribution in [-0.4, -0.2) is 45.0 Å². The van der Waals surface area contributed by atoms with E-state index in [1.165, 1.54) is 54.8 Å². The molecule has 4 saturated carbocycles. The average Bonchev–Trinajstić information content (AvgIpc) is 3.41. The molecule has 4 bridgehead atoms. The fourth-order valence-corrected chi connectivity index (χ4v) is 9.08. The second-order valence-electron chi connectivity index (χ2n) is 11.5. The van der Waals surface area contributed by atoms with E-state index in [2.05, 4.69) is 15.5 Å². The molecule has 1 unspecified atom stereocenters. The van der Waals surface area contributed by atoms with Crippen molar-refractivity contribution >= 4 is 39.9 Å². The number of rotatable bonds is 4. The van der Waals surface area contributed by atoms with E-state index in [4.69, 9.17) is 0 Å².